The minimum atomic E-state index is -0.247. The van der Waals surface area contributed by atoms with Gasteiger partial charge < -0.3 is 9.13 Å². The SMILES string of the molecule is Cc1cc2c(cc1F)nc(CCCl)n2Cc1nncn1C. The maximum Gasteiger partial charge on any atom is 0.152 e. The number of fused-ring (bicyclic) bond motifs is 1. The van der Waals surface area contributed by atoms with Crippen LogP contribution >= 0.6 is 11.6 Å². The molecule has 0 saturated carbocycles. The van der Waals surface area contributed by atoms with E-state index < -0.39 is 0 Å². The van der Waals surface area contributed by atoms with Gasteiger partial charge in [-0.2, -0.15) is 0 Å². The summed E-state index contributed by atoms with van der Waals surface area (Å²) in [6.07, 6.45) is 2.27. The Balaban J connectivity index is 2.15. The average molecular weight is 308 g/mol. The molecule has 5 nitrogen and oxygen atoms in total. The molecule has 0 aliphatic rings. The molecule has 2 aromatic heterocycles. The van der Waals surface area contributed by atoms with Crippen LogP contribution in [-0.4, -0.2) is 30.2 Å². The second-order valence-electron chi connectivity index (χ2n) is 5.00. The van der Waals surface area contributed by atoms with E-state index in [9.17, 15) is 4.39 Å². The lowest BCUT2D eigenvalue weighted by atomic mass is 10.2. The van der Waals surface area contributed by atoms with E-state index in [4.69, 9.17) is 11.6 Å². The first-order chi connectivity index (χ1) is 10.1. The van der Waals surface area contributed by atoms with Crippen molar-refractivity contribution >= 4 is 22.6 Å². The fraction of sp³-hybridized carbons (Fsp3) is 0.357. The van der Waals surface area contributed by atoms with Crippen molar-refractivity contribution in [2.45, 2.75) is 19.9 Å². The third kappa shape index (κ3) is 2.51. The Morgan fingerprint density at radius 1 is 1.29 bits per heavy atom. The minimum absolute atomic E-state index is 0.247. The highest BCUT2D eigenvalue weighted by atomic mass is 35.5. The molecule has 3 rings (SSSR count). The Hall–Kier alpha value is -1.95. The van der Waals surface area contributed by atoms with Crippen molar-refractivity contribution in [2.75, 3.05) is 5.88 Å². The summed E-state index contributed by atoms with van der Waals surface area (Å²) in [5, 5.41) is 7.98. The van der Waals surface area contributed by atoms with E-state index in [0.29, 0.717) is 29.9 Å². The van der Waals surface area contributed by atoms with Crippen molar-refractivity contribution in [3.05, 3.63) is 41.5 Å². The molecule has 0 atom stereocenters. The van der Waals surface area contributed by atoms with E-state index in [2.05, 4.69) is 15.2 Å². The molecule has 0 unspecified atom stereocenters. The van der Waals surface area contributed by atoms with Crippen LogP contribution in [0.25, 0.3) is 11.0 Å². The van der Waals surface area contributed by atoms with E-state index in [-0.39, 0.29) is 5.82 Å². The second-order valence-corrected chi connectivity index (χ2v) is 5.38. The number of halogens is 2. The summed E-state index contributed by atoms with van der Waals surface area (Å²) in [7, 11) is 1.89. The summed E-state index contributed by atoms with van der Waals surface area (Å²) in [4.78, 5) is 4.50. The Bertz CT molecular complexity index is 792. The van der Waals surface area contributed by atoms with Gasteiger partial charge in [0.05, 0.1) is 17.6 Å². The van der Waals surface area contributed by atoms with Gasteiger partial charge in [0.25, 0.3) is 0 Å². The fourth-order valence-electron chi connectivity index (χ4n) is 2.34. The maximum absolute atomic E-state index is 13.7. The molecule has 110 valence electrons. The third-order valence-corrected chi connectivity index (χ3v) is 3.72. The van der Waals surface area contributed by atoms with Gasteiger partial charge >= 0.3 is 0 Å². The zero-order valence-electron chi connectivity index (χ0n) is 11.8. The molecule has 2 heterocycles. The van der Waals surface area contributed by atoms with Crippen LogP contribution in [-0.2, 0) is 20.0 Å². The molecule has 0 fully saturated rings. The van der Waals surface area contributed by atoms with Crippen LogP contribution in [0, 0.1) is 12.7 Å². The van der Waals surface area contributed by atoms with E-state index in [1.54, 1.807) is 13.3 Å². The third-order valence-electron chi connectivity index (χ3n) is 3.53. The largest absolute Gasteiger partial charge is 0.320 e. The molecular formula is C14H15ClFN5. The summed E-state index contributed by atoms with van der Waals surface area (Å²) in [5.41, 5.74) is 2.12. The van der Waals surface area contributed by atoms with E-state index >= 15 is 0 Å². The Morgan fingerprint density at radius 2 is 2.10 bits per heavy atom. The lowest BCUT2D eigenvalue weighted by Gasteiger charge is -2.08. The van der Waals surface area contributed by atoms with Crippen molar-refractivity contribution in [2.24, 2.45) is 7.05 Å². The minimum Gasteiger partial charge on any atom is -0.320 e. The number of benzene rings is 1. The van der Waals surface area contributed by atoms with Crippen molar-refractivity contribution in [1.29, 1.82) is 0 Å². The lowest BCUT2D eigenvalue weighted by molar-refractivity contribution is 0.620. The zero-order chi connectivity index (χ0) is 15.0. The highest BCUT2D eigenvalue weighted by molar-refractivity contribution is 6.17. The molecule has 3 aromatic rings. The number of hydrogen-bond acceptors (Lipinski definition) is 3. The molecule has 0 radical (unpaired) electrons. The van der Waals surface area contributed by atoms with E-state index in [1.807, 2.05) is 22.2 Å². The Kier molecular flexibility index (Phi) is 3.63. The quantitative estimate of drug-likeness (QED) is 0.696. The van der Waals surface area contributed by atoms with Gasteiger partial charge in [0.1, 0.15) is 18.0 Å². The molecule has 0 aliphatic heterocycles. The Labute approximate surface area is 126 Å². The fourth-order valence-corrected chi connectivity index (χ4v) is 2.51. The van der Waals surface area contributed by atoms with E-state index in [1.165, 1.54) is 6.07 Å². The highest BCUT2D eigenvalue weighted by Crippen LogP contribution is 2.22. The lowest BCUT2D eigenvalue weighted by Crippen LogP contribution is -2.10. The number of imidazole rings is 1. The van der Waals surface area contributed by atoms with Gasteiger partial charge in [-0.15, -0.1) is 21.8 Å². The van der Waals surface area contributed by atoms with Crippen molar-refractivity contribution < 1.29 is 4.39 Å². The summed E-state index contributed by atoms with van der Waals surface area (Å²) in [6, 6.07) is 3.28. The van der Waals surface area contributed by atoms with Gasteiger partial charge in [0, 0.05) is 25.4 Å². The normalized spacial score (nSPS) is 11.4. The molecular weight excluding hydrogens is 293 g/mol. The first kappa shape index (κ1) is 14.0. The van der Waals surface area contributed by atoms with Gasteiger partial charge in [-0.05, 0) is 18.6 Å². The Morgan fingerprint density at radius 3 is 2.76 bits per heavy atom. The number of aromatic nitrogens is 5. The average Bonchev–Trinajstić information content (AvgIpc) is 2.98. The summed E-state index contributed by atoms with van der Waals surface area (Å²) < 4.78 is 17.6. The van der Waals surface area contributed by atoms with Gasteiger partial charge in [0.15, 0.2) is 5.82 Å². The molecule has 0 spiro atoms. The summed E-state index contributed by atoms with van der Waals surface area (Å²) in [5.74, 6) is 1.85. The van der Waals surface area contributed by atoms with Crippen LogP contribution in [0.15, 0.2) is 18.5 Å². The van der Waals surface area contributed by atoms with Gasteiger partial charge in [-0.25, -0.2) is 9.37 Å². The second kappa shape index (κ2) is 5.44. The monoisotopic (exact) mass is 307 g/mol. The predicted molar refractivity (Wildman–Crippen MR) is 79.0 cm³/mol. The maximum atomic E-state index is 13.7. The molecule has 0 amide bonds. The number of rotatable bonds is 4. The summed E-state index contributed by atoms with van der Waals surface area (Å²) in [6.45, 7) is 2.28. The topological polar surface area (TPSA) is 48.5 Å². The zero-order valence-corrected chi connectivity index (χ0v) is 12.6. The molecule has 7 heteroatoms. The first-order valence-electron chi connectivity index (χ1n) is 6.64. The van der Waals surface area contributed by atoms with Crippen LogP contribution in [0.4, 0.5) is 4.39 Å². The molecule has 0 bridgehead atoms. The number of aryl methyl sites for hydroxylation is 3. The predicted octanol–water partition coefficient (Wildman–Crippen LogP) is 2.44. The molecule has 21 heavy (non-hydrogen) atoms. The molecule has 0 N–H and O–H groups in total. The molecule has 0 aliphatic carbocycles. The van der Waals surface area contributed by atoms with Gasteiger partial charge in [-0.1, -0.05) is 0 Å². The smallest absolute Gasteiger partial charge is 0.152 e. The first-order valence-corrected chi connectivity index (χ1v) is 7.17. The highest BCUT2D eigenvalue weighted by Gasteiger charge is 2.14. The summed E-state index contributed by atoms with van der Waals surface area (Å²) >= 11 is 5.85. The van der Waals surface area contributed by atoms with Crippen LogP contribution < -0.4 is 0 Å². The standard InChI is InChI=1S/C14H15ClFN5/c1-9-5-12-11(6-10(9)16)18-13(3-4-15)21(12)7-14-19-17-8-20(14)2/h5-6,8H,3-4,7H2,1-2H3. The van der Waals surface area contributed by atoms with Crippen molar-refractivity contribution in [3.8, 4) is 0 Å². The molecule has 0 saturated heterocycles. The molecule has 1 aromatic carbocycles. The van der Waals surface area contributed by atoms with Gasteiger partial charge in [-0.3, -0.25) is 0 Å². The van der Waals surface area contributed by atoms with Crippen LogP contribution in [0.5, 0.6) is 0 Å². The van der Waals surface area contributed by atoms with Crippen molar-refractivity contribution in [3.63, 3.8) is 0 Å². The van der Waals surface area contributed by atoms with Crippen LogP contribution in [0.2, 0.25) is 0 Å². The number of alkyl halides is 1. The van der Waals surface area contributed by atoms with Gasteiger partial charge in [0.2, 0.25) is 0 Å². The number of nitrogens with zero attached hydrogens (tertiary/aromatic N) is 5. The van der Waals surface area contributed by atoms with Crippen LogP contribution in [0.1, 0.15) is 17.2 Å². The van der Waals surface area contributed by atoms with Crippen molar-refractivity contribution in [1.82, 2.24) is 24.3 Å². The number of hydrogen-bond donors (Lipinski definition) is 0. The van der Waals surface area contributed by atoms with Crippen LogP contribution in [0.3, 0.4) is 0 Å². The van der Waals surface area contributed by atoms with E-state index in [0.717, 1.165) is 17.2 Å².